The van der Waals surface area contributed by atoms with Crippen molar-refractivity contribution >= 4 is 31.6 Å². The maximum atomic E-state index is 13.8. The molecule has 0 unspecified atom stereocenters. The van der Waals surface area contributed by atoms with Crippen LogP contribution in [0.5, 0.6) is 0 Å². The Kier molecular flexibility index (Phi) is 4.60. The lowest BCUT2D eigenvalue weighted by Gasteiger charge is -2.13. The highest BCUT2D eigenvalue weighted by Gasteiger charge is 2.21. The number of sulfonamides is 1. The second kappa shape index (κ2) is 6.08. The van der Waals surface area contributed by atoms with E-state index in [0.29, 0.717) is 15.7 Å². The fourth-order valence-corrected chi connectivity index (χ4v) is 3.63. The standard InChI is InChI=1S/C13H13BrFN3O2S/c1-8-11(15)4-9(6-16)5-13(8)21(19,20)18-12-2-3-17-7-10(12)14/h2-5,7H,6,16H2,1H3,(H,17,18). The van der Waals surface area contributed by atoms with Gasteiger partial charge < -0.3 is 5.73 Å². The Morgan fingerprint density at radius 3 is 2.76 bits per heavy atom. The number of nitrogens with zero attached hydrogens (tertiary/aromatic N) is 1. The molecule has 0 saturated carbocycles. The Morgan fingerprint density at radius 1 is 1.43 bits per heavy atom. The third-order valence-electron chi connectivity index (χ3n) is 2.90. The molecule has 0 aliphatic rings. The van der Waals surface area contributed by atoms with E-state index in [0.717, 1.165) is 0 Å². The summed E-state index contributed by atoms with van der Waals surface area (Å²) in [7, 11) is -3.92. The molecule has 1 aromatic carbocycles. The smallest absolute Gasteiger partial charge is 0.262 e. The molecule has 0 aliphatic carbocycles. The first-order valence-corrected chi connectivity index (χ1v) is 8.24. The summed E-state index contributed by atoms with van der Waals surface area (Å²) in [4.78, 5) is 3.72. The zero-order valence-corrected chi connectivity index (χ0v) is 13.5. The van der Waals surface area contributed by atoms with Crippen molar-refractivity contribution in [2.45, 2.75) is 18.4 Å². The van der Waals surface area contributed by atoms with E-state index >= 15 is 0 Å². The first-order valence-electron chi connectivity index (χ1n) is 5.96. The van der Waals surface area contributed by atoms with Gasteiger partial charge in [-0.05, 0) is 46.6 Å². The Balaban J connectivity index is 2.50. The number of hydrogen-bond donors (Lipinski definition) is 2. The molecular formula is C13H13BrFN3O2S. The number of rotatable bonds is 4. The average Bonchev–Trinajstić information content (AvgIpc) is 2.43. The van der Waals surface area contributed by atoms with E-state index in [4.69, 9.17) is 5.73 Å². The molecule has 0 amide bonds. The molecule has 3 N–H and O–H groups in total. The van der Waals surface area contributed by atoms with Crippen LogP contribution in [0.1, 0.15) is 11.1 Å². The van der Waals surface area contributed by atoms with Crippen molar-refractivity contribution in [1.82, 2.24) is 4.98 Å². The number of nitrogens with one attached hydrogen (secondary N) is 1. The van der Waals surface area contributed by atoms with Crippen LogP contribution in [-0.2, 0) is 16.6 Å². The summed E-state index contributed by atoms with van der Waals surface area (Å²) < 4.78 is 41.6. The van der Waals surface area contributed by atoms with E-state index in [1.54, 1.807) is 0 Å². The number of nitrogens with two attached hydrogens (primary N) is 1. The van der Waals surface area contributed by atoms with Crippen LogP contribution in [0.2, 0.25) is 0 Å². The van der Waals surface area contributed by atoms with Gasteiger partial charge in [0.15, 0.2) is 0 Å². The second-order valence-corrected chi connectivity index (χ2v) is 6.87. The highest BCUT2D eigenvalue weighted by Crippen LogP contribution is 2.26. The van der Waals surface area contributed by atoms with Gasteiger partial charge in [0, 0.05) is 24.5 Å². The maximum absolute atomic E-state index is 13.8. The van der Waals surface area contributed by atoms with Crippen LogP contribution in [0.3, 0.4) is 0 Å². The molecular weight excluding hydrogens is 361 g/mol. The minimum absolute atomic E-state index is 0.0462. The molecule has 2 aromatic rings. The number of benzene rings is 1. The van der Waals surface area contributed by atoms with Crippen LogP contribution in [-0.4, -0.2) is 13.4 Å². The molecule has 0 saturated heterocycles. The molecule has 0 bridgehead atoms. The van der Waals surface area contributed by atoms with E-state index in [1.807, 2.05) is 0 Å². The summed E-state index contributed by atoms with van der Waals surface area (Å²) >= 11 is 3.20. The van der Waals surface area contributed by atoms with Gasteiger partial charge in [-0.1, -0.05) is 0 Å². The summed E-state index contributed by atoms with van der Waals surface area (Å²) in [5.74, 6) is -0.605. The van der Waals surface area contributed by atoms with Gasteiger partial charge in [0.05, 0.1) is 15.1 Å². The lowest BCUT2D eigenvalue weighted by molar-refractivity contribution is 0.589. The topological polar surface area (TPSA) is 85.1 Å². The molecule has 2 rings (SSSR count). The van der Waals surface area contributed by atoms with Crippen LogP contribution >= 0.6 is 15.9 Å². The Morgan fingerprint density at radius 2 is 2.14 bits per heavy atom. The summed E-state index contributed by atoms with van der Waals surface area (Å²) in [5, 5.41) is 0. The van der Waals surface area contributed by atoms with Gasteiger partial charge in [-0.15, -0.1) is 0 Å². The lowest BCUT2D eigenvalue weighted by atomic mass is 10.1. The predicted molar refractivity (Wildman–Crippen MR) is 81.8 cm³/mol. The zero-order chi connectivity index (χ0) is 15.6. The Labute approximate surface area is 130 Å². The Hall–Kier alpha value is -1.51. The third-order valence-corrected chi connectivity index (χ3v) is 5.02. The van der Waals surface area contributed by atoms with Crippen LogP contribution in [0, 0.1) is 12.7 Å². The van der Waals surface area contributed by atoms with Gasteiger partial charge in [0.2, 0.25) is 0 Å². The highest BCUT2D eigenvalue weighted by atomic mass is 79.9. The fourth-order valence-electron chi connectivity index (χ4n) is 1.76. The van der Waals surface area contributed by atoms with E-state index in [-0.39, 0.29) is 17.0 Å². The zero-order valence-electron chi connectivity index (χ0n) is 11.1. The van der Waals surface area contributed by atoms with Gasteiger partial charge in [-0.3, -0.25) is 9.71 Å². The number of anilines is 1. The largest absolute Gasteiger partial charge is 0.326 e. The minimum Gasteiger partial charge on any atom is -0.326 e. The van der Waals surface area contributed by atoms with Crippen molar-refractivity contribution in [2.24, 2.45) is 5.73 Å². The van der Waals surface area contributed by atoms with Crippen molar-refractivity contribution < 1.29 is 12.8 Å². The van der Waals surface area contributed by atoms with Crippen LogP contribution in [0.25, 0.3) is 0 Å². The monoisotopic (exact) mass is 373 g/mol. The van der Waals surface area contributed by atoms with E-state index in [2.05, 4.69) is 25.6 Å². The summed E-state index contributed by atoms with van der Waals surface area (Å²) in [6.07, 6.45) is 2.91. The van der Waals surface area contributed by atoms with Gasteiger partial charge in [-0.25, -0.2) is 12.8 Å². The molecule has 21 heavy (non-hydrogen) atoms. The summed E-state index contributed by atoms with van der Waals surface area (Å²) in [6, 6.07) is 4.10. The van der Waals surface area contributed by atoms with Crippen molar-refractivity contribution in [1.29, 1.82) is 0 Å². The van der Waals surface area contributed by atoms with Crippen molar-refractivity contribution in [3.8, 4) is 0 Å². The maximum Gasteiger partial charge on any atom is 0.262 e. The molecule has 0 atom stereocenters. The van der Waals surface area contributed by atoms with Crippen LogP contribution < -0.4 is 10.5 Å². The van der Waals surface area contributed by atoms with Crippen molar-refractivity contribution in [2.75, 3.05) is 4.72 Å². The number of halogens is 2. The van der Waals surface area contributed by atoms with Crippen molar-refractivity contribution in [3.63, 3.8) is 0 Å². The second-order valence-electron chi connectivity index (χ2n) is 4.37. The minimum atomic E-state index is -3.92. The van der Waals surface area contributed by atoms with Gasteiger partial charge >= 0.3 is 0 Å². The molecule has 0 aliphatic heterocycles. The summed E-state index contributed by atoms with van der Waals surface area (Å²) in [5.41, 5.74) is 6.24. The van der Waals surface area contributed by atoms with Crippen LogP contribution in [0.4, 0.5) is 10.1 Å². The summed E-state index contributed by atoms with van der Waals surface area (Å²) in [6.45, 7) is 1.46. The molecule has 0 radical (unpaired) electrons. The Bertz CT molecular complexity index is 781. The van der Waals surface area contributed by atoms with E-state index in [1.165, 1.54) is 37.5 Å². The normalized spacial score (nSPS) is 11.4. The van der Waals surface area contributed by atoms with E-state index < -0.39 is 15.8 Å². The van der Waals surface area contributed by atoms with E-state index in [9.17, 15) is 12.8 Å². The molecule has 1 heterocycles. The molecule has 5 nitrogen and oxygen atoms in total. The first-order chi connectivity index (χ1) is 9.85. The number of aromatic nitrogens is 1. The van der Waals surface area contributed by atoms with Crippen LogP contribution in [0.15, 0.2) is 40.0 Å². The number of hydrogen-bond acceptors (Lipinski definition) is 4. The first kappa shape index (κ1) is 15.9. The number of pyridine rings is 1. The average molecular weight is 374 g/mol. The van der Waals surface area contributed by atoms with Crippen molar-refractivity contribution in [3.05, 3.63) is 52.0 Å². The molecule has 1 aromatic heterocycles. The quantitative estimate of drug-likeness (QED) is 0.862. The molecule has 0 spiro atoms. The molecule has 112 valence electrons. The molecule has 8 heteroatoms. The SMILES string of the molecule is Cc1c(F)cc(CN)cc1S(=O)(=O)Nc1ccncc1Br. The van der Waals surface area contributed by atoms with Gasteiger partial charge in [-0.2, -0.15) is 0 Å². The van der Waals surface area contributed by atoms with Gasteiger partial charge in [0.1, 0.15) is 5.82 Å². The fraction of sp³-hybridized carbons (Fsp3) is 0.154. The predicted octanol–water partition coefficient (Wildman–Crippen LogP) is 2.55. The van der Waals surface area contributed by atoms with Gasteiger partial charge in [0.25, 0.3) is 10.0 Å². The highest BCUT2D eigenvalue weighted by molar-refractivity contribution is 9.10. The lowest BCUT2D eigenvalue weighted by Crippen LogP contribution is -2.16. The third kappa shape index (κ3) is 3.39. The molecule has 0 fully saturated rings.